The quantitative estimate of drug-likeness (QED) is 0.404. The van der Waals surface area contributed by atoms with Crippen molar-refractivity contribution in [3.05, 3.63) is 71.7 Å². The smallest absolute Gasteiger partial charge is 0.196 e. The van der Waals surface area contributed by atoms with Gasteiger partial charge in [-0.1, -0.05) is 48.2 Å². The van der Waals surface area contributed by atoms with Crippen LogP contribution in [0, 0.1) is 13.8 Å². The molecule has 0 aliphatic carbocycles. The van der Waals surface area contributed by atoms with Gasteiger partial charge in [-0.3, -0.25) is 9.36 Å². The van der Waals surface area contributed by atoms with E-state index in [0.29, 0.717) is 5.16 Å². The van der Waals surface area contributed by atoms with Crippen molar-refractivity contribution in [1.29, 1.82) is 0 Å². The van der Waals surface area contributed by atoms with Gasteiger partial charge >= 0.3 is 0 Å². The first-order valence-electron chi connectivity index (χ1n) is 8.80. The number of aromatic amines is 1. The summed E-state index contributed by atoms with van der Waals surface area (Å²) in [5.41, 5.74) is 4.79. The van der Waals surface area contributed by atoms with E-state index in [0.717, 1.165) is 33.4 Å². The third kappa shape index (κ3) is 3.17. The molecule has 0 unspecified atom stereocenters. The van der Waals surface area contributed by atoms with Crippen LogP contribution >= 0.6 is 11.8 Å². The molecule has 4 aromatic rings. The summed E-state index contributed by atoms with van der Waals surface area (Å²) in [5, 5.41) is 9.69. The Morgan fingerprint density at radius 3 is 2.67 bits per heavy atom. The maximum Gasteiger partial charge on any atom is 0.196 e. The van der Waals surface area contributed by atoms with Crippen LogP contribution in [0.3, 0.4) is 0 Å². The second-order valence-electron chi connectivity index (χ2n) is 6.56. The Bertz CT molecular complexity index is 1130. The molecule has 1 atom stereocenters. The number of hydrogen-bond donors (Lipinski definition) is 1. The second-order valence-corrected chi connectivity index (χ2v) is 7.87. The Morgan fingerprint density at radius 2 is 1.85 bits per heavy atom. The fraction of sp³-hybridized carbons (Fsp3) is 0.190. The maximum atomic E-state index is 13.2. The molecular formula is C21H20N4OS. The molecule has 0 saturated carbocycles. The van der Waals surface area contributed by atoms with Crippen molar-refractivity contribution in [1.82, 2.24) is 19.7 Å². The zero-order chi connectivity index (χ0) is 19.0. The number of nitrogens with zero attached hydrogens (tertiary/aromatic N) is 3. The Hall–Kier alpha value is -2.86. The van der Waals surface area contributed by atoms with Gasteiger partial charge < -0.3 is 4.98 Å². The molecule has 0 radical (unpaired) electrons. The van der Waals surface area contributed by atoms with Gasteiger partial charge in [-0.05, 0) is 38.5 Å². The predicted octanol–water partition coefficient (Wildman–Crippen LogP) is 4.73. The molecule has 6 heteroatoms. The minimum atomic E-state index is -0.283. The molecule has 0 saturated heterocycles. The summed E-state index contributed by atoms with van der Waals surface area (Å²) in [6.07, 6.45) is 1.69. The summed E-state index contributed by atoms with van der Waals surface area (Å²) < 4.78 is 1.94. The lowest BCUT2D eigenvalue weighted by atomic mass is 10.1. The number of carbonyl (C=O) groups excluding carboxylic acids is 1. The number of benzene rings is 2. The fourth-order valence-electron chi connectivity index (χ4n) is 3.31. The normalized spacial score (nSPS) is 12.4. The van der Waals surface area contributed by atoms with Crippen LogP contribution in [-0.4, -0.2) is 30.8 Å². The third-order valence-corrected chi connectivity index (χ3v) is 5.74. The van der Waals surface area contributed by atoms with E-state index in [1.165, 1.54) is 11.8 Å². The number of carbonyl (C=O) groups is 1. The molecule has 1 N–H and O–H groups in total. The number of ketones is 1. The second kappa shape index (κ2) is 7.04. The Labute approximate surface area is 161 Å². The van der Waals surface area contributed by atoms with E-state index in [1.807, 2.05) is 73.9 Å². The van der Waals surface area contributed by atoms with Gasteiger partial charge in [0.05, 0.1) is 10.9 Å². The van der Waals surface area contributed by atoms with E-state index in [4.69, 9.17) is 0 Å². The molecule has 2 aromatic carbocycles. The van der Waals surface area contributed by atoms with Gasteiger partial charge in [0.2, 0.25) is 0 Å². The lowest BCUT2D eigenvalue weighted by Gasteiger charge is -2.13. The average Bonchev–Trinajstić information content (AvgIpc) is 3.24. The van der Waals surface area contributed by atoms with Gasteiger partial charge in [0, 0.05) is 22.2 Å². The van der Waals surface area contributed by atoms with Crippen LogP contribution in [0.25, 0.3) is 16.6 Å². The molecule has 2 heterocycles. The fourth-order valence-corrected chi connectivity index (χ4v) is 4.21. The number of rotatable bonds is 5. The number of H-pyrrole nitrogens is 1. The molecule has 2 aromatic heterocycles. The molecule has 0 aliphatic heterocycles. The van der Waals surface area contributed by atoms with E-state index < -0.39 is 0 Å². The maximum absolute atomic E-state index is 13.2. The standard InChI is InChI=1S/C21H20N4OS/c1-13-8-4-7-11-18(13)25-12-22-24-21(25)27-15(3)20(26)19-14(2)23-17-10-6-5-9-16(17)19/h4-12,15,23H,1-3H3/t15-/m0/s1. The van der Waals surface area contributed by atoms with Gasteiger partial charge in [0.1, 0.15) is 6.33 Å². The van der Waals surface area contributed by atoms with Crippen LogP contribution in [-0.2, 0) is 0 Å². The van der Waals surface area contributed by atoms with Crippen LogP contribution in [0.2, 0.25) is 0 Å². The number of hydrogen-bond acceptors (Lipinski definition) is 4. The van der Waals surface area contributed by atoms with E-state index in [-0.39, 0.29) is 11.0 Å². The highest BCUT2D eigenvalue weighted by Gasteiger charge is 2.24. The Balaban J connectivity index is 1.65. The first-order valence-corrected chi connectivity index (χ1v) is 9.68. The van der Waals surface area contributed by atoms with Gasteiger partial charge in [-0.25, -0.2) is 0 Å². The zero-order valence-electron chi connectivity index (χ0n) is 15.4. The molecule has 0 fully saturated rings. The molecule has 5 nitrogen and oxygen atoms in total. The van der Waals surface area contributed by atoms with E-state index in [1.54, 1.807) is 6.33 Å². The van der Waals surface area contributed by atoms with Crippen LogP contribution in [0.4, 0.5) is 0 Å². The number of para-hydroxylation sites is 2. The lowest BCUT2D eigenvalue weighted by molar-refractivity contribution is 0.0995. The van der Waals surface area contributed by atoms with Crippen molar-refractivity contribution >= 4 is 28.4 Å². The van der Waals surface area contributed by atoms with Crippen molar-refractivity contribution in [2.24, 2.45) is 0 Å². The van der Waals surface area contributed by atoms with Crippen LogP contribution in [0.15, 0.2) is 60.0 Å². The minimum absolute atomic E-state index is 0.0919. The largest absolute Gasteiger partial charge is 0.358 e. The molecule has 4 rings (SSSR count). The summed E-state index contributed by atoms with van der Waals surface area (Å²) in [7, 11) is 0. The molecular weight excluding hydrogens is 356 g/mol. The first kappa shape index (κ1) is 17.5. The van der Waals surface area contributed by atoms with Crippen LogP contribution < -0.4 is 0 Å². The van der Waals surface area contributed by atoms with Crippen LogP contribution in [0.5, 0.6) is 0 Å². The zero-order valence-corrected chi connectivity index (χ0v) is 16.2. The van der Waals surface area contributed by atoms with E-state index in [2.05, 4.69) is 15.2 Å². The monoisotopic (exact) mass is 376 g/mol. The number of aryl methyl sites for hydroxylation is 2. The number of fused-ring (bicyclic) bond motifs is 1. The highest BCUT2D eigenvalue weighted by Crippen LogP contribution is 2.30. The highest BCUT2D eigenvalue weighted by atomic mass is 32.2. The number of aromatic nitrogens is 4. The van der Waals surface area contributed by atoms with Crippen molar-refractivity contribution in [3.8, 4) is 5.69 Å². The summed E-state index contributed by atoms with van der Waals surface area (Å²) in [6, 6.07) is 16.0. The van der Waals surface area contributed by atoms with Crippen molar-refractivity contribution in [2.75, 3.05) is 0 Å². The molecule has 136 valence electrons. The highest BCUT2D eigenvalue weighted by molar-refractivity contribution is 8.00. The summed E-state index contributed by atoms with van der Waals surface area (Å²) in [6.45, 7) is 5.92. The minimum Gasteiger partial charge on any atom is -0.358 e. The Morgan fingerprint density at radius 1 is 1.11 bits per heavy atom. The SMILES string of the molecule is Cc1ccccc1-n1cnnc1S[C@@H](C)C(=O)c1c(C)[nH]c2ccccc12. The molecule has 27 heavy (non-hydrogen) atoms. The van der Waals surface area contributed by atoms with E-state index >= 15 is 0 Å². The molecule has 0 amide bonds. The average molecular weight is 376 g/mol. The lowest BCUT2D eigenvalue weighted by Crippen LogP contribution is -2.15. The molecule has 0 bridgehead atoms. The molecule has 0 aliphatic rings. The summed E-state index contributed by atoms with van der Waals surface area (Å²) in [5.74, 6) is 0.0919. The molecule has 0 spiro atoms. The van der Waals surface area contributed by atoms with Gasteiger partial charge in [-0.2, -0.15) is 0 Å². The number of nitrogens with one attached hydrogen (secondary N) is 1. The van der Waals surface area contributed by atoms with Crippen molar-refractivity contribution in [2.45, 2.75) is 31.2 Å². The van der Waals surface area contributed by atoms with Crippen molar-refractivity contribution in [3.63, 3.8) is 0 Å². The van der Waals surface area contributed by atoms with E-state index in [9.17, 15) is 4.79 Å². The van der Waals surface area contributed by atoms with Gasteiger partial charge in [0.25, 0.3) is 0 Å². The topological polar surface area (TPSA) is 63.6 Å². The summed E-state index contributed by atoms with van der Waals surface area (Å²) in [4.78, 5) is 16.5. The first-order chi connectivity index (χ1) is 13.1. The third-order valence-electron chi connectivity index (χ3n) is 4.68. The number of Topliss-reactive ketones (excluding diaryl/α,β-unsaturated/α-hetero) is 1. The Kier molecular flexibility index (Phi) is 4.58. The van der Waals surface area contributed by atoms with Gasteiger partial charge in [0.15, 0.2) is 10.9 Å². The van der Waals surface area contributed by atoms with Crippen molar-refractivity contribution < 1.29 is 4.79 Å². The summed E-state index contributed by atoms with van der Waals surface area (Å²) >= 11 is 1.43. The van der Waals surface area contributed by atoms with Crippen LogP contribution in [0.1, 0.15) is 28.5 Å². The predicted molar refractivity (Wildman–Crippen MR) is 109 cm³/mol. The number of thioether (sulfide) groups is 1. The van der Waals surface area contributed by atoms with Gasteiger partial charge in [-0.15, -0.1) is 10.2 Å².